The second kappa shape index (κ2) is 3.02. The fraction of sp³-hybridized carbons (Fsp3) is 0.0833. The standard InChI is InChI=1S/C12H11N/c1-3-10-4-5-11-9(2)6-7-13-12(11)8-10/h3-8H,1H2,2H3. The number of fused-ring (bicyclic) bond motifs is 1. The van der Waals surface area contributed by atoms with Crippen LogP contribution in [0.3, 0.4) is 0 Å². The summed E-state index contributed by atoms with van der Waals surface area (Å²) in [6.07, 6.45) is 3.67. The first kappa shape index (κ1) is 7.99. The van der Waals surface area contributed by atoms with Crippen LogP contribution in [0.5, 0.6) is 0 Å². The Bertz CT molecular complexity index is 458. The summed E-state index contributed by atoms with van der Waals surface area (Å²) in [7, 11) is 0. The van der Waals surface area contributed by atoms with Gasteiger partial charge in [-0.15, -0.1) is 0 Å². The topological polar surface area (TPSA) is 12.9 Å². The summed E-state index contributed by atoms with van der Waals surface area (Å²) in [4.78, 5) is 4.30. The van der Waals surface area contributed by atoms with Crippen molar-refractivity contribution in [2.75, 3.05) is 0 Å². The Hall–Kier alpha value is -1.63. The number of hydrogen-bond acceptors (Lipinski definition) is 1. The zero-order valence-electron chi connectivity index (χ0n) is 7.62. The van der Waals surface area contributed by atoms with E-state index in [0.717, 1.165) is 11.1 Å². The van der Waals surface area contributed by atoms with Gasteiger partial charge in [-0.05, 0) is 30.2 Å². The lowest BCUT2D eigenvalue weighted by molar-refractivity contribution is 1.37. The Morgan fingerprint density at radius 1 is 1.31 bits per heavy atom. The van der Waals surface area contributed by atoms with E-state index >= 15 is 0 Å². The van der Waals surface area contributed by atoms with E-state index in [2.05, 4.69) is 36.7 Å². The van der Waals surface area contributed by atoms with Crippen molar-refractivity contribution in [2.24, 2.45) is 0 Å². The van der Waals surface area contributed by atoms with Gasteiger partial charge in [0.15, 0.2) is 0 Å². The summed E-state index contributed by atoms with van der Waals surface area (Å²) in [6, 6.07) is 8.23. The van der Waals surface area contributed by atoms with Crippen molar-refractivity contribution < 1.29 is 0 Å². The molecule has 0 aliphatic rings. The smallest absolute Gasteiger partial charge is 0.0710 e. The van der Waals surface area contributed by atoms with Crippen molar-refractivity contribution in [1.29, 1.82) is 0 Å². The average molecular weight is 169 g/mol. The van der Waals surface area contributed by atoms with Crippen LogP contribution in [-0.4, -0.2) is 4.98 Å². The summed E-state index contributed by atoms with van der Waals surface area (Å²) >= 11 is 0. The molecule has 1 heterocycles. The minimum Gasteiger partial charge on any atom is -0.256 e. The number of aryl methyl sites for hydroxylation is 1. The quantitative estimate of drug-likeness (QED) is 0.638. The van der Waals surface area contributed by atoms with Crippen LogP contribution in [0, 0.1) is 6.92 Å². The van der Waals surface area contributed by atoms with E-state index in [-0.39, 0.29) is 0 Å². The second-order valence-corrected chi connectivity index (χ2v) is 3.11. The first-order valence-corrected chi connectivity index (χ1v) is 4.29. The van der Waals surface area contributed by atoms with Crippen molar-refractivity contribution in [3.05, 3.63) is 48.2 Å². The number of hydrogen-bond donors (Lipinski definition) is 0. The first-order chi connectivity index (χ1) is 6.31. The normalized spacial score (nSPS) is 10.2. The molecule has 0 aliphatic heterocycles. The molecule has 0 saturated heterocycles. The predicted molar refractivity (Wildman–Crippen MR) is 56.6 cm³/mol. The van der Waals surface area contributed by atoms with Crippen LogP contribution < -0.4 is 0 Å². The van der Waals surface area contributed by atoms with Gasteiger partial charge in [0, 0.05) is 11.6 Å². The first-order valence-electron chi connectivity index (χ1n) is 4.29. The Kier molecular flexibility index (Phi) is 1.85. The van der Waals surface area contributed by atoms with E-state index in [9.17, 15) is 0 Å². The molecule has 0 amide bonds. The van der Waals surface area contributed by atoms with Crippen LogP contribution in [0.4, 0.5) is 0 Å². The van der Waals surface area contributed by atoms with Gasteiger partial charge in [0.1, 0.15) is 0 Å². The molecule has 0 atom stereocenters. The molecule has 1 heteroatoms. The summed E-state index contributed by atoms with van der Waals surface area (Å²) in [5.41, 5.74) is 3.42. The van der Waals surface area contributed by atoms with Crippen LogP contribution in [0.2, 0.25) is 0 Å². The van der Waals surface area contributed by atoms with Crippen LogP contribution >= 0.6 is 0 Å². The van der Waals surface area contributed by atoms with Gasteiger partial charge in [-0.2, -0.15) is 0 Å². The molecule has 0 radical (unpaired) electrons. The largest absolute Gasteiger partial charge is 0.256 e. The molecule has 2 rings (SSSR count). The van der Waals surface area contributed by atoms with Crippen LogP contribution in [0.15, 0.2) is 37.0 Å². The maximum absolute atomic E-state index is 4.30. The lowest BCUT2D eigenvalue weighted by Crippen LogP contribution is -1.82. The highest BCUT2D eigenvalue weighted by atomic mass is 14.6. The number of benzene rings is 1. The molecule has 0 unspecified atom stereocenters. The minimum absolute atomic E-state index is 1.04. The van der Waals surface area contributed by atoms with Gasteiger partial charge in [0.25, 0.3) is 0 Å². The lowest BCUT2D eigenvalue weighted by Gasteiger charge is -2.01. The van der Waals surface area contributed by atoms with E-state index in [4.69, 9.17) is 0 Å². The SMILES string of the molecule is C=Cc1ccc2c(C)ccnc2c1. The lowest BCUT2D eigenvalue weighted by atomic mass is 10.1. The summed E-state index contributed by atoms with van der Waals surface area (Å²) < 4.78 is 0. The van der Waals surface area contributed by atoms with Gasteiger partial charge in [-0.3, -0.25) is 4.98 Å². The Morgan fingerprint density at radius 2 is 2.15 bits per heavy atom. The van der Waals surface area contributed by atoms with Crippen molar-refractivity contribution in [2.45, 2.75) is 6.92 Å². The Labute approximate surface area is 77.7 Å². The third-order valence-electron chi connectivity index (χ3n) is 2.22. The Balaban J connectivity index is 2.79. The molecule has 1 aromatic carbocycles. The maximum Gasteiger partial charge on any atom is 0.0710 e. The van der Waals surface area contributed by atoms with Crippen LogP contribution in [0.1, 0.15) is 11.1 Å². The van der Waals surface area contributed by atoms with E-state index in [1.54, 1.807) is 0 Å². The third-order valence-corrected chi connectivity index (χ3v) is 2.22. The molecule has 2 aromatic rings. The highest BCUT2D eigenvalue weighted by molar-refractivity contribution is 5.83. The van der Waals surface area contributed by atoms with E-state index in [1.807, 2.05) is 18.3 Å². The Morgan fingerprint density at radius 3 is 2.92 bits per heavy atom. The molecule has 0 N–H and O–H groups in total. The summed E-state index contributed by atoms with van der Waals surface area (Å²) in [6.45, 7) is 5.83. The van der Waals surface area contributed by atoms with E-state index in [1.165, 1.54) is 10.9 Å². The zero-order valence-corrected chi connectivity index (χ0v) is 7.62. The van der Waals surface area contributed by atoms with Crippen LogP contribution in [-0.2, 0) is 0 Å². The van der Waals surface area contributed by atoms with Crippen molar-refractivity contribution in [3.63, 3.8) is 0 Å². The fourth-order valence-electron chi connectivity index (χ4n) is 1.44. The summed E-state index contributed by atoms with van der Waals surface area (Å²) in [5.74, 6) is 0. The zero-order chi connectivity index (χ0) is 9.26. The van der Waals surface area contributed by atoms with Crippen molar-refractivity contribution in [1.82, 2.24) is 4.98 Å². The maximum atomic E-state index is 4.30. The molecule has 0 saturated carbocycles. The van der Waals surface area contributed by atoms with Crippen molar-refractivity contribution in [3.8, 4) is 0 Å². The minimum atomic E-state index is 1.04. The van der Waals surface area contributed by atoms with E-state index in [0.29, 0.717) is 0 Å². The molecule has 0 aliphatic carbocycles. The highest BCUT2D eigenvalue weighted by Gasteiger charge is 1.97. The number of pyridine rings is 1. The van der Waals surface area contributed by atoms with Gasteiger partial charge in [0.2, 0.25) is 0 Å². The molecule has 0 bridgehead atoms. The monoisotopic (exact) mass is 169 g/mol. The van der Waals surface area contributed by atoms with Gasteiger partial charge in [-0.1, -0.05) is 24.8 Å². The number of nitrogens with zero attached hydrogens (tertiary/aromatic N) is 1. The molecule has 1 aromatic heterocycles. The third kappa shape index (κ3) is 1.33. The molecular formula is C12H11N. The highest BCUT2D eigenvalue weighted by Crippen LogP contribution is 2.17. The van der Waals surface area contributed by atoms with Gasteiger partial charge < -0.3 is 0 Å². The molecule has 0 fully saturated rings. The molecule has 13 heavy (non-hydrogen) atoms. The molecular weight excluding hydrogens is 158 g/mol. The summed E-state index contributed by atoms with van der Waals surface area (Å²) in [5, 5.41) is 1.22. The van der Waals surface area contributed by atoms with Gasteiger partial charge in [-0.25, -0.2) is 0 Å². The number of rotatable bonds is 1. The average Bonchev–Trinajstić information content (AvgIpc) is 2.18. The predicted octanol–water partition coefficient (Wildman–Crippen LogP) is 3.19. The van der Waals surface area contributed by atoms with Gasteiger partial charge in [0.05, 0.1) is 5.52 Å². The fourth-order valence-corrected chi connectivity index (χ4v) is 1.44. The van der Waals surface area contributed by atoms with Gasteiger partial charge >= 0.3 is 0 Å². The molecule has 1 nitrogen and oxygen atoms in total. The van der Waals surface area contributed by atoms with E-state index < -0.39 is 0 Å². The van der Waals surface area contributed by atoms with Crippen molar-refractivity contribution >= 4 is 17.0 Å². The second-order valence-electron chi connectivity index (χ2n) is 3.11. The van der Waals surface area contributed by atoms with Crippen LogP contribution in [0.25, 0.3) is 17.0 Å². The molecule has 64 valence electrons. The molecule has 0 spiro atoms. The number of aromatic nitrogens is 1.